The lowest BCUT2D eigenvalue weighted by Crippen LogP contribution is -2.17. The van der Waals surface area contributed by atoms with Crippen LogP contribution in [-0.2, 0) is 17.6 Å². The Morgan fingerprint density at radius 3 is 2.53 bits per heavy atom. The van der Waals surface area contributed by atoms with Crippen LogP contribution in [0.3, 0.4) is 0 Å². The Bertz CT molecular complexity index is 1270. The number of aromatic amines is 1. The number of nitrogens with zero attached hydrogens (tertiary/aromatic N) is 1. The van der Waals surface area contributed by atoms with Crippen molar-refractivity contribution in [1.29, 1.82) is 0 Å². The van der Waals surface area contributed by atoms with Crippen LogP contribution in [0.2, 0.25) is 0 Å². The molecule has 0 saturated carbocycles. The second kappa shape index (κ2) is 8.11. The van der Waals surface area contributed by atoms with Gasteiger partial charge in [-0.05, 0) is 37.0 Å². The molecule has 30 heavy (non-hydrogen) atoms. The fourth-order valence-electron chi connectivity index (χ4n) is 3.99. The van der Waals surface area contributed by atoms with Gasteiger partial charge in [-0.3, -0.25) is 9.78 Å². The number of aryl methyl sites for hydroxylation is 3. The maximum Gasteiger partial charge on any atom is 0.340 e. The molecule has 0 radical (unpaired) electrons. The Labute approximate surface area is 175 Å². The number of rotatable bonds is 6. The highest BCUT2D eigenvalue weighted by Gasteiger charge is 2.21. The normalized spacial score (nSPS) is 11.2. The van der Waals surface area contributed by atoms with Crippen LogP contribution in [0, 0.1) is 6.92 Å². The van der Waals surface area contributed by atoms with Crippen molar-refractivity contribution in [1.82, 2.24) is 9.97 Å². The van der Waals surface area contributed by atoms with Crippen LogP contribution < -0.4 is 0 Å². The number of para-hydroxylation sites is 2. The lowest BCUT2D eigenvalue weighted by atomic mass is 10.0. The number of H-pyrrole nitrogens is 1. The van der Waals surface area contributed by atoms with Crippen molar-refractivity contribution in [2.75, 3.05) is 6.61 Å². The third kappa shape index (κ3) is 3.36. The minimum Gasteiger partial charge on any atom is -0.454 e. The number of nitrogens with one attached hydrogen (secondary N) is 1. The highest BCUT2D eigenvalue weighted by Crippen LogP contribution is 2.25. The van der Waals surface area contributed by atoms with Gasteiger partial charge in [-0.15, -0.1) is 0 Å². The monoisotopic (exact) mass is 400 g/mol. The molecule has 5 heteroatoms. The summed E-state index contributed by atoms with van der Waals surface area (Å²) in [5.74, 6) is -0.739. The number of hydrogen-bond donors (Lipinski definition) is 1. The summed E-state index contributed by atoms with van der Waals surface area (Å²) in [5.41, 5.74) is 5.46. The Hall–Kier alpha value is -3.47. The number of carbonyl (C=O) groups is 2. The van der Waals surface area contributed by atoms with Crippen molar-refractivity contribution in [3.63, 3.8) is 0 Å². The van der Waals surface area contributed by atoms with Crippen LogP contribution in [0.4, 0.5) is 0 Å². The number of carbonyl (C=O) groups excluding carboxylic acids is 2. The molecule has 2 heterocycles. The van der Waals surface area contributed by atoms with Crippen LogP contribution >= 0.6 is 0 Å². The number of esters is 1. The first kappa shape index (κ1) is 19.8. The summed E-state index contributed by atoms with van der Waals surface area (Å²) < 4.78 is 5.45. The van der Waals surface area contributed by atoms with Crippen molar-refractivity contribution >= 4 is 33.6 Å². The molecule has 2 aromatic heterocycles. The van der Waals surface area contributed by atoms with E-state index in [1.165, 1.54) is 0 Å². The molecule has 0 fully saturated rings. The number of Topliss-reactive ketones (excluding diaryl/α,β-unsaturated/α-hetero) is 1. The minimum atomic E-state index is -0.509. The largest absolute Gasteiger partial charge is 0.454 e. The highest BCUT2D eigenvalue weighted by molar-refractivity contribution is 6.10. The van der Waals surface area contributed by atoms with Crippen LogP contribution in [0.1, 0.15) is 51.4 Å². The molecule has 0 atom stereocenters. The molecule has 0 unspecified atom stereocenters. The van der Waals surface area contributed by atoms with Crippen molar-refractivity contribution < 1.29 is 14.3 Å². The van der Waals surface area contributed by atoms with Gasteiger partial charge in [0.15, 0.2) is 6.61 Å². The molecule has 0 aliphatic heterocycles. The molecule has 0 bridgehead atoms. The zero-order valence-electron chi connectivity index (χ0n) is 17.4. The summed E-state index contributed by atoms with van der Waals surface area (Å²) >= 11 is 0. The zero-order valence-corrected chi connectivity index (χ0v) is 17.4. The first-order valence-corrected chi connectivity index (χ1v) is 10.2. The Balaban J connectivity index is 1.60. The molecule has 4 rings (SSSR count). The highest BCUT2D eigenvalue weighted by atomic mass is 16.5. The van der Waals surface area contributed by atoms with E-state index in [-0.39, 0.29) is 12.4 Å². The predicted octanol–water partition coefficient (Wildman–Crippen LogP) is 5.19. The average Bonchev–Trinajstić information content (AvgIpc) is 3.21. The summed E-state index contributed by atoms with van der Waals surface area (Å²) in [6.07, 6.45) is 3.17. The fraction of sp³-hybridized carbons (Fsp3) is 0.240. The van der Waals surface area contributed by atoms with E-state index in [9.17, 15) is 9.59 Å². The van der Waals surface area contributed by atoms with Gasteiger partial charge in [0.2, 0.25) is 5.78 Å². The molecule has 0 aliphatic rings. The van der Waals surface area contributed by atoms with Crippen LogP contribution in [0.5, 0.6) is 0 Å². The van der Waals surface area contributed by atoms with Crippen molar-refractivity contribution in [2.24, 2.45) is 0 Å². The van der Waals surface area contributed by atoms with Gasteiger partial charge in [0.25, 0.3) is 0 Å². The molecule has 4 aromatic rings. The van der Waals surface area contributed by atoms with Gasteiger partial charge in [0.05, 0.1) is 16.8 Å². The Morgan fingerprint density at radius 2 is 1.77 bits per heavy atom. The summed E-state index contributed by atoms with van der Waals surface area (Å²) in [6.45, 7) is 5.62. The molecule has 152 valence electrons. The van der Waals surface area contributed by atoms with E-state index in [0.717, 1.165) is 39.4 Å². The van der Waals surface area contributed by atoms with Gasteiger partial charge < -0.3 is 9.72 Å². The van der Waals surface area contributed by atoms with Crippen molar-refractivity contribution in [3.05, 3.63) is 76.6 Å². The quantitative estimate of drug-likeness (QED) is 0.357. The topological polar surface area (TPSA) is 72.0 Å². The zero-order chi connectivity index (χ0) is 21.3. The molecule has 1 N–H and O–H groups in total. The van der Waals surface area contributed by atoms with Crippen LogP contribution in [0.15, 0.2) is 48.7 Å². The Morgan fingerprint density at radius 1 is 1.00 bits per heavy atom. The number of benzene rings is 2. The standard InChI is InChI=1S/C25H24N2O3/c1-4-16-9-8-11-18-19(13-26-24(16)18)22(28)14-30-25(29)23-15(3)17-10-6-7-12-21(17)27-20(23)5-2/h6-13,26H,4-5,14H2,1-3H3. The summed E-state index contributed by atoms with van der Waals surface area (Å²) in [6, 6.07) is 13.6. The molecule has 5 nitrogen and oxygen atoms in total. The lowest BCUT2D eigenvalue weighted by Gasteiger charge is -2.13. The van der Waals surface area contributed by atoms with E-state index in [0.29, 0.717) is 23.2 Å². The van der Waals surface area contributed by atoms with Crippen molar-refractivity contribution in [3.8, 4) is 0 Å². The number of ketones is 1. The van der Waals surface area contributed by atoms with E-state index in [2.05, 4.69) is 16.9 Å². The summed E-state index contributed by atoms with van der Waals surface area (Å²) in [5, 5.41) is 1.77. The van der Waals surface area contributed by atoms with E-state index in [1.54, 1.807) is 6.20 Å². The predicted molar refractivity (Wildman–Crippen MR) is 118 cm³/mol. The second-order valence-corrected chi connectivity index (χ2v) is 7.32. The maximum atomic E-state index is 12.9. The van der Waals surface area contributed by atoms with E-state index < -0.39 is 5.97 Å². The minimum absolute atomic E-state index is 0.229. The van der Waals surface area contributed by atoms with Crippen LogP contribution in [-0.4, -0.2) is 28.3 Å². The van der Waals surface area contributed by atoms with E-state index >= 15 is 0 Å². The molecule has 0 saturated heterocycles. The van der Waals surface area contributed by atoms with E-state index in [4.69, 9.17) is 4.74 Å². The van der Waals surface area contributed by atoms with E-state index in [1.807, 2.05) is 56.3 Å². The van der Waals surface area contributed by atoms with Gasteiger partial charge >= 0.3 is 5.97 Å². The first-order chi connectivity index (χ1) is 14.5. The second-order valence-electron chi connectivity index (χ2n) is 7.32. The SMILES string of the molecule is CCc1nc2ccccc2c(C)c1C(=O)OCC(=O)c1c[nH]c2c(CC)cccc12. The third-order valence-corrected chi connectivity index (χ3v) is 5.58. The molecule has 0 amide bonds. The lowest BCUT2D eigenvalue weighted by molar-refractivity contribution is 0.0473. The number of aromatic nitrogens is 2. The summed E-state index contributed by atoms with van der Waals surface area (Å²) in [7, 11) is 0. The number of hydrogen-bond acceptors (Lipinski definition) is 4. The number of fused-ring (bicyclic) bond motifs is 2. The molecule has 0 aliphatic carbocycles. The smallest absolute Gasteiger partial charge is 0.340 e. The molecule has 0 spiro atoms. The van der Waals surface area contributed by atoms with Gasteiger partial charge in [-0.2, -0.15) is 0 Å². The molecule has 2 aromatic carbocycles. The first-order valence-electron chi connectivity index (χ1n) is 10.2. The number of pyridine rings is 1. The third-order valence-electron chi connectivity index (χ3n) is 5.58. The number of ether oxygens (including phenoxy) is 1. The van der Waals surface area contributed by atoms with Crippen LogP contribution in [0.25, 0.3) is 21.8 Å². The summed E-state index contributed by atoms with van der Waals surface area (Å²) in [4.78, 5) is 33.5. The van der Waals surface area contributed by atoms with Crippen molar-refractivity contribution in [2.45, 2.75) is 33.6 Å². The average molecular weight is 400 g/mol. The van der Waals surface area contributed by atoms with Gasteiger partial charge in [-0.25, -0.2) is 4.79 Å². The molecular weight excluding hydrogens is 376 g/mol. The maximum absolute atomic E-state index is 12.9. The van der Waals surface area contributed by atoms with Gasteiger partial charge in [0, 0.05) is 28.0 Å². The van der Waals surface area contributed by atoms with Gasteiger partial charge in [-0.1, -0.05) is 50.2 Å². The van der Waals surface area contributed by atoms with Gasteiger partial charge in [0.1, 0.15) is 0 Å². The molecular formula is C25H24N2O3. The Kier molecular flexibility index (Phi) is 5.36. The fourth-order valence-corrected chi connectivity index (χ4v) is 3.99.